The summed E-state index contributed by atoms with van der Waals surface area (Å²) in [7, 11) is 0. The van der Waals surface area contributed by atoms with Crippen LogP contribution in [0.1, 0.15) is 10.6 Å². The molecule has 0 fully saturated rings. The monoisotopic (exact) mass is 256 g/mol. The molecule has 0 aliphatic rings. The maximum atomic E-state index is 11.9. The fraction of sp³-hybridized carbons (Fsp3) is 0.154. The Hall–Kier alpha value is -2.63. The van der Waals surface area contributed by atoms with Gasteiger partial charge >= 0.3 is 0 Å². The molecule has 96 valence electrons. The summed E-state index contributed by atoms with van der Waals surface area (Å²) in [4.78, 5) is 13.4. The first-order chi connectivity index (χ1) is 9.33. The summed E-state index contributed by atoms with van der Waals surface area (Å²) in [6.07, 6.45) is 3.20. The quantitative estimate of drug-likeness (QED) is 0.766. The van der Waals surface area contributed by atoms with E-state index in [9.17, 15) is 4.79 Å². The molecular weight excluding hydrogens is 244 g/mol. The highest BCUT2D eigenvalue weighted by atomic mass is 16.3. The van der Waals surface area contributed by atoms with Crippen LogP contribution in [0.4, 0.5) is 0 Å². The van der Waals surface area contributed by atoms with Gasteiger partial charge in [-0.3, -0.25) is 4.79 Å². The molecule has 1 amide bonds. The number of carbonyl (C=O) groups excluding carboxylic acids is 1. The van der Waals surface area contributed by atoms with Gasteiger partial charge in [-0.15, -0.1) is 0 Å². The predicted molar refractivity (Wildman–Crippen MR) is 68.6 cm³/mol. The Bertz CT molecular complexity index is 655. The molecule has 0 saturated carbocycles. The van der Waals surface area contributed by atoms with Crippen LogP contribution in [-0.2, 0) is 6.54 Å². The van der Waals surface area contributed by atoms with Gasteiger partial charge in [-0.05, 0) is 12.1 Å². The zero-order chi connectivity index (χ0) is 13.1. The van der Waals surface area contributed by atoms with Crippen LogP contribution in [0.3, 0.4) is 0 Å². The number of para-hydroxylation sites is 1. The number of fused-ring (bicyclic) bond motifs is 1. The lowest BCUT2D eigenvalue weighted by atomic mass is 10.2. The fourth-order valence-corrected chi connectivity index (χ4v) is 1.81. The van der Waals surface area contributed by atoms with Crippen molar-refractivity contribution in [1.82, 2.24) is 20.3 Å². The molecule has 19 heavy (non-hydrogen) atoms. The average molecular weight is 256 g/mol. The van der Waals surface area contributed by atoms with Crippen LogP contribution in [0.2, 0.25) is 0 Å². The second-order valence-corrected chi connectivity index (χ2v) is 4.03. The van der Waals surface area contributed by atoms with Gasteiger partial charge in [-0.25, -0.2) is 0 Å². The molecule has 0 atom stereocenters. The van der Waals surface area contributed by atoms with Crippen LogP contribution >= 0.6 is 0 Å². The van der Waals surface area contributed by atoms with Gasteiger partial charge in [0.05, 0.1) is 18.9 Å². The highest BCUT2D eigenvalue weighted by Gasteiger charge is 2.11. The second kappa shape index (κ2) is 4.93. The van der Waals surface area contributed by atoms with E-state index in [0.717, 1.165) is 5.39 Å². The fourth-order valence-electron chi connectivity index (χ4n) is 1.81. The van der Waals surface area contributed by atoms with Crippen LogP contribution in [0.15, 0.2) is 47.1 Å². The lowest BCUT2D eigenvalue weighted by molar-refractivity contribution is 0.0926. The molecule has 0 radical (unpaired) electrons. The maximum Gasteiger partial charge on any atom is 0.287 e. The van der Waals surface area contributed by atoms with Gasteiger partial charge in [0.25, 0.3) is 5.91 Å². The summed E-state index contributed by atoms with van der Waals surface area (Å²) < 4.78 is 5.47. The molecule has 0 aliphatic carbocycles. The first-order valence-electron chi connectivity index (χ1n) is 5.94. The molecule has 3 aromatic rings. The van der Waals surface area contributed by atoms with Gasteiger partial charge in [0.15, 0.2) is 5.76 Å². The van der Waals surface area contributed by atoms with E-state index < -0.39 is 0 Å². The molecule has 6 heteroatoms. The number of nitrogens with one attached hydrogen (secondary N) is 1. The first-order valence-corrected chi connectivity index (χ1v) is 5.94. The van der Waals surface area contributed by atoms with Crippen molar-refractivity contribution < 1.29 is 9.21 Å². The minimum atomic E-state index is -0.233. The third kappa shape index (κ3) is 2.47. The molecule has 3 rings (SSSR count). The zero-order valence-electron chi connectivity index (χ0n) is 10.1. The summed E-state index contributed by atoms with van der Waals surface area (Å²) in [5.74, 6) is 0.0815. The number of hydrogen-bond donors (Lipinski definition) is 1. The zero-order valence-corrected chi connectivity index (χ0v) is 10.1. The molecular formula is C13H12N4O2. The summed E-state index contributed by atoms with van der Waals surface area (Å²) in [5.41, 5.74) is 0.710. The highest BCUT2D eigenvalue weighted by Crippen LogP contribution is 2.18. The molecule has 1 N–H and O–H groups in total. The smallest absolute Gasteiger partial charge is 0.287 e. The molecule has 0 bridgehead atoms. The number of benzene rings is 1. The molecule has 0 unspecified atom stereocenters. The van der Waals surface area contributed by atoms with Crippen molar-refractivity contribution in [3.63, 3.8) is 0 Å². The number of carbonyl (C=O) groups is 1. The molecule has 0 saturated heterocycles. The Labute approximate surface area is 109 Å². The molecule has 1 aromatic carbocycles. The number of nitrogens with zero attached hydrogens (tertiary/aromatic N) is 3. The largest absolute Gasteiger partial charge is 0.451 e. The van der Waals surface area contributed by atoms with E-state index in [1.807, 2.05) is 24.3 Å². The van der Waals surface area contributed by atoms with Gasteiger partial charge in [0.2, 0.25) is 0 Å². The van der Waals surface area contributed by atoms with E-state index in [1.54, 1.807) is 18.5 Å². The van der Waals surface area contributed by atoms with E-state index in [4.69, 9.17) is 4.42 Å². The van der Waals surface area contributed by atoms with Crippen molar-refractivity contribution >= 4 is 16.9 Å². The lowest BCUT2D eigenvalue weighted by Gasteiger charge is -2.01. The third-order valence-corrected chi connectivity index (χ3v) is 2.71. The molecule has 0 spiro atoms. The van der Waals surface area contributed by atoms with E-state index in [2.05, 4.69) is 15.5 Å². The van der Waals surface area contributed by atoms with Crippen LogP contribution < -0.4 is 5.32 Å². The summed E-state index contributed by atoms with van der Waals surface area (Å²) in [6.45, 7) is 0.976. The Morgan fingerprint density at radius 2 is 2.05 bits per heavy atom. The predicted octanol–water partition coefficient (Wildman–Crippen LogP) is 1.45. The van der Waals surface area contributed by atoms with Crippen molar-refractivity contribution in [1.29, 1.82) is 0 Å². The number of rotatable bonds is 4. The summed E-state index contributed by atoms with van der Waals surface area (Å²) >= 11 is 0. The van der Waals surface area contributed by atoms with Gasteiger partial charge in [-0.2, -0.15) is 15.0 Å². The van der Waals surface area contributed by atoms with Crippen molar-refractivity contribution in [3.8, 4) is 0 Å². The third-order valence-electron chi connectivity index (χ3n) is 2.71. The van der Waals surface area contributed by atoms with Crippen LogP contribution in [0.5, 0.6) is 0 Å². The first kappa shape index (κ1) is 11.5. The molecule has 6 nitrogen and oxygen atoms in total. The number of hydrogen-bond acceptors (Lipinski definition) is 4. The normalized spacial score (nSPS) is 10.7. The van der Waals surface area contributed by atoms with Gasteiger partial charge in [-0.1, -0.05) is 18.2 Å². The van der Waals surface area contributed by atoms with Gasteiger partial charge in [0, 0.05) is 11.9 Å². The Morgan fingerprint density at radius 3 is 2.84 bits per heavy atom. The summed E-state index contributed by atoms with van der Waals surface area (Å²) in [6, 6.07) is 9.25. The number of amides is 1. The topological polar surface area (TPSA) is 73.0 Å². The number of furan rings is 1. The van der Waals surface area contributed by atoms with Crippen LogP contribution in [-0.4, -0.2) is 27.4 Å². The van der Waals surface area contributed by atoms with E-state index >= 15 is 0 Å². The van der Waals surface area contributed by atoms with Crippen molar-refractivity contribution in [2.75, 3.05) is 6.54 Å². The average Bonchev–Trinajstić information content (AvgIpc) is 3.07. The lowest BCUT2D eigenvalue weighted by Crippen LogP contribution is -2.27. The Morgan fingerprint density at radius 1 is 1.26 bits per heavy atom. The van der Waals surface area contributed by atoms with E-state index in [1.165, 1.54) is 4.80 Å². The minimum Gasteiger partial charge on any atom is -0.451 e. The van der Waals surface area contributed by atoms with Crippen LogP contribution in [0.25, 0.3) is 11.0 Å². The SMILES string of the molecule is O=C(NCCn1nccn1)c1cc2ccccc2o1. The summed E-state index contributed by atoms with van der Waals surface area (Å²) in [5, 5.41) is 11.6. The maximum absolute atomic E-state index is 11.9. The number of aromatic nitrogens is 3. The second-order valence-electron chi connectivity index (χ2n) is 4.03. The van der Waals surface area contributed by atoms with Crippen molar-refractivity contribution in [3.05, 3.63) is 48.5 Å². The van der Waals surface area contributed by atoms with Crippen LogP contribution in [0, 0.1) is 0 Å². The van der Waals surface area contributed by atoms with Gasteiger partial charge < -0.3 is 9.73 Å². The highest BCUT2D eigenvalue weighted by molar-refractivity contribution is 5.95. The van der Waals surface area contributed by atoms with E-state index in [0.29, 0.717) is 24.4 Å². The Kier molecular flexibility index (Phi) is 2.97. The van der Waals surface area contributed by atoms with Crippen molar-refractivity contribution in [2.45, 2.75) is 6.54 Å². The molecule has 2 aromatic heterocycles. The standard InChI is InChI=1S/C13H12N4O2/c18-13(14-7-8-17-15-5-6-16-17)12-9-10-3-1-2-4-11(10)19-12/h1-6,9H,7-8H2,(H,14,18). The van der Waals surface area contributed by atoms with Gasteiger partial charge in [0.1, 0.15) is 5.58 Å². The van der Waals surface area contributed by atoms with Crippen molar-refractivity contribution in [2.24, 2.45) is 0 Å². The molecule has 0 aliphatic heterocycles. The Balaban J connectivity index is 1.63. The molecule has 2 heterocycles. The van der Waals surface area contributed by atoms with E-state index in [-0.39, 0.29) is 5.91 Å². The minimum absolute atomic E-state index is 0.233.